The fourth-order valence-corrected chi connectivity index (χ4v) is 1.09. The fourth-order valence-electron chi connectivity index (χ4n) is 1.09. The molecular weight excluding hydrogens is 166 g/mol. The third kappa shape index (κ3) is 1.33. The number of hydrogen-bond donors (Lipinski definition) is 1. The topological polar surface area (TPSA) is 44.5 Å². The van der Waals surface area contributed by atoms with Crippen LogP contribution in [0.4, 0.5) is 0 Å². The first-order valence-electron chi connectivity index (χ1n) is 3.81. The Kier molecular flexibility index (Phi) is 1.66. The Bertz CT molecular complexity index is 392. The van der Waals surface area contributed by atoms with Gasteiger partial charge in [-0.1, -0.05) is 24.3 Å². The summed E-state index contributed by atoms with van der Waals surface area (Å²) in [7, 11) is 0. The van der Waals surface area contributed by atoms with E-state index in [0.29, 0.717) is 5.56 Å². The second-order valence-corrected chi connectivity index (χ2v) is 2.70. The molecule has 1 N–H and O–H groups in total. The lowest BCUT2D eigenvalue weighted by Crippen LogP contribution is -2.41. The Labute approximate surface area is 75.2 Å². The van der Waals surface area contributed by atoms with Gasteiger partial charge < -0.3 is 0 Å². The van der Waals surface area contributed by atoms with E-state index in [4.69, 9.17) is 0 Å². The Balaban J connectivity index is 2.28. The second kappa shape index (κ2) is 2.82. The van der Waals surface area contributed by atoms with Crippen molar-refractivity contribution in [2.24, 2.45) is 5.10 Å². The number of hydrazine groups is 1. The van der Waals surface area contributed by atoms with Gasteiger partial charge in [0.05, 0.1) is 5.10 Å². The van der Waals surface area contributed by atoms with Crippen LogP contribution in [0.1, 0.15) is 15.9 Å². The molecule has 0 amide bonds. The highest BCUT2D eigenvalue weighted by Crippen LogP contribution is 2.05. The number of hydrazone groups is 2. The van der Waals surface area contributed by atoms with E-state index in [0.717, 1.165) is 17.7 Å². The minimum atomic E-state index is 0.662. The molecule has 1 heterocycles. The van der Waals surface area contributed by atoms with Gasteiger partial charge in [-0.25, -0.2) is 0 Å². The summed E-state index contributed by atoms with van der Waals surface area (Å²) in [5.41, 5.74) is 4.49. The van der Waals surface area contributed by atoms with Crippen molar-refractivity contribution in [3.63, 3.8) is 0 Å². The normalized spacial score (nSPS) is 14.2. The van der Waals surface area contributed by atoms with Crippen molar-refractivity contribution in [3.8, 4) is 0 Å². The maximum Gasteiger partial charge on any atom is 0.263 e. The third-order valence-electron chi connectivity index (χ3n) is 1.78. The maximum absolute atomic E-state index is 10.4. The quantitative estimate of drug-likeness (QED) is 0.520. The zero-order valence-electron chi connectivity index (χ0n) is 6.90. The minimum absolute atomic E-state index is 0.662. The molecule has 4 heteroatoms. The van der Waals surface area contributed by atoms with Gasteiger partial charge in [0.15, 0.2) is 6.72 Å². The van der Waals surface area contributed by atoms with Gasteiger partial charge in [-0.15, -0.1) is 5.43 Å². The summed E-state index contributed by atoms with van der Waals surface area (Å²) >= 11 is 0. The molecule has 0 saturated carbocycles. The predicted octanol–water partition coefficient (Wildman–Crippen LogP) is 0.392. The molecule has 0 saturated heterocycles. The lowest BCUT2D eigenvalue weighted by molar-refractivity contribution is -0.594. The molecule has 0 fully saturated rings. The molecule has 4 nitrogen and oxygen atoms in total. The fraction of sp³-hybridized carbons (Fsp3) is 0. The van der Waals surface area contributed by atoms with Gasteiger partial charge >= 0.3 is 0 Å². The van der Waals surface area contributed by atoms with Crippen LogP contribution < -0.4 is 5.43 Å². The van der Waals surface area contributed by atoms with E-state index >= 15 is 0 Å². The van der Waals surface area contributed by atoms with Gasteiger partial charge in [-0.2, -0.15) is 0 Å². The van der Waals surface area contributed by atoms with E-state index in [2.05, 4.69) is 17.2 Å². The van der Waals surface area contributed by atoms with Crippen LogP contribution in [-0.4, -0.2) is 23.6 Å². The van der Waals surface area contributed by atoms with Crippen LogP contribution in [0.2, 0.25) is 0 Å². The first kappa shape index (κ1) is 7.67. The molecule has 1 aliphatic rings. The van der Waals surface area contributed by atoms with Gasteiger partial charge in [0.1, 0.15) is 6.29 Å². The predicted molar refractivity (Wildman–Crippen MR) is 48.9 cm³/mol. The lowest BCUT2D eigenvalue weighted by atomic mass is 10.1. The van der Waals surface area contributed by atoms with E-state index in [1.54, 1.807) is 12.1 Å². The van der Waals surface area contributed by atoms with E-state index in [1.165, 1.54) is 4.79 Å². The Morgan fingerprint density at radius 2 is 2.00 bits per heavy atom. The first-order chi connectivity index (χ1) is 6.29. The number of aldehydes is 1. The number of rotatable bonds is 2. The Hall–Kier alpha value is -1.97. The molecule has 1 aliphatic heterocycles. The van der Waals surface area contributed by atoms with Crippen molar-refractivity contribution < 1.29 is 9.59 Å². The van der Waals surface area contributed by atoms with Gasteiger partial charge in [0, 0.05) is 15.9 Å². The highest BCUT2D eigenvalue weighted by Gasteiger charge is 2.20. The van der Waals surface area contributed by atoms with Crippen molar-refractivity contribution in [1.82, 2.24) is 5.43 Å². The highest BCUT2D eigenvalue weighted by molar-refractivity contribution is 5.99. The molecule has 13 heavy (non-hydrogen) atoms. The van der Waals surface area contributed by atoms with E-state index < -0.39 is 0 Å². The van der Waals surface area contributed by atoms with Crippen LogP contribution in [0.15, 0.2) is 29.4 Å². The van der Waals surface area contributed by atoms with Crippen LogP contribution >= 0.6 is 0 Å². The smallest absolute Gasteiger partial charge is 0.263 e. The molecular formula is C9H8N3O+. The zero-order chi connectivity index (χ0) is 9.26. The Morgan fingerprint density at radius 1 is 1.38 bits per heavy atom. The summed E-state index contributed by atoms with van der Waals surface area (Å²) in [6, 6.07) is 7.17. The van der Waals surface area contributed by atoms with Crippen LogP contribution in [0.5, 0.6) is 0 Å². The average molecular weight is 174 g/mol. The van der Waals surface area contributed by atoms with Gasteiger partial charge in [0.2, 0.25) is 0 Å². The summed E-state index contributed by atoms with van der Waals surface area (Å²) in [5.74, 6) is 0.771. The van der Waals surface area contributed by atoms with Crippen molar-refractivity contribution >= 4 is 18.8 Å². The van der Waals surface area contributed by atoms with Crippen LogP contribution in [-0.2, 0) is 0 Å². The summed E-state index contributed by atoms with van der Waals surface area (Å²) in [6.45, 7) is 3.53. The van der Waals surface area contributed by atoms with E-state index in [9.17, 15) is 4.79 Å². The molecule has 2 rings (SSSR count). The number of carbonyl (C=O) groups excluding carboxylic acids is 1. The lowest BCUT2D eigenvalue weighted by Gasteiger charge is -2.08. The maximum atomic E-state index is 10.4. The van der Waals surface area contributed by atoms with Crippen molar-refractivity contribution in [2.75, 3.05) is 0 Å². The number of benzene rings is 1. The van der Waals surface area contributed by atoms with Crippen molar-refractivity contribution in [1.29, 1.82) is 0 Å². The summed E-state index contributed by atoms with van der Waals surface area (Å²) in [6.07, 6.45) is 0.813. The molecule has 0 aliphatic carbocycles. The average Bonchev–Trinajstić information content (AvgIpc) is 2.13. The number of nitrogens with one attached hydrogen (secondary N) is 1. The molecule has 0 bridgehead atoms. The second-order valence-electron chi connectivity index (χ2n) is 2.70. The summed E-state index contributed by atoms with van der Waals surface area (Å²) < 4.78 is 0. The molecule has 1 aromatic rings. The monoisotopic (exact) mass is 174 g/mol. The minimum Gasteiger partial charge on any atom is -0.298 e. The van der Waals surface area contributed by atoms with Gasteiger partial charge in [-0.3, -0.25) is 4.79 Å². The van der Waals surface area contributed by atoms with Gasteiger partial charge in [0.25, 0.3) is 5.84 Å². The van der Waals surface area contributed by atoms with Crippen LogP contribution in [0, 0.1) is 0 Å². The van der Waals surface area contributed by atoms with E-state index in [1.807, 2.05) is 12.1 Å². The number of nitrogens with zero attached hydrogens (tertiary/aromatic N) is 2. The van der Waals surface area contributed by atoms with Gasteiger partial charge in [-0.05, 0) is 0 Å². The molecule has 0 unspecified atom stereocenters. The van der Waals surface area contributed by atoms with Crippen LogP contribution in [0.25, 0.3) is 0 Å². The third-order valence-corrected chi connectivity index (χ3v) is 1.78. The molecule has 0 atom stereocenters. The highest BCUT2D eigenvalue weighted by atomic mass is 16.1. The SMILES string of the molecule is C=[N+]1N=C(c2ccc(C=O)cc2)N1. The largest absolute Gasteiger partial charge is 0.298 e. The number of carbonyl (C=O) groups is 1. The molecule has 0 radical (unpaired) electrons. The number of amidine groups is 1. The van der Waals surface area contributed by atoms with E-state index in [-0.39, 0.29) is 0 Å². The standard InChI is InChI=1S/C9H8N3O/c1-12-10-9(11-12)8-4-2-7(6-13)3-5-8/h2-6H,1H2,(H,10,11)/q+1. The molecule has 0 spiro atoms. The molecule has 0 aromatic heterocycles. The molecule has 1 aromatic carbocycles. The number of hydrogen-bond acceptors (Lipinski definition) is 3. The van der Waals surface area contributed by atoms with Crippen LogP contribution in [0.3, 0.4) is 0 Å². The summed E-state index contributed by atoms with van der Waals surface area (Å²) in [5, 5.41) is 3.99. The summed E-state index contributed by atoms with van der Waals surface area (Å²) in [4.78, 5) is 11.7. The molecule has 64 valence electrons. The van der Waals surface area contributed by atoms with Crippen molar-refractivity contribution in [2.45, 2.75) is 0 Å². The first-order valence-corrected chi connectivity index (χ1v) is 3.81. The zero-order valence-corrected chi connectivity index (χ0v) is 6.90. The Morgan fingerprint density at radius 3 is 2.46 bits per heavy atom. The van der Waals surface area contributed by atoms with Crippen molar-refractivity contribution in [3.05, 3.63) is 35.4 Å².